The lowest BCUT2D eigenvalue weighted by Crippen LogP contribution is -2.30. The molecule has 0 aliphatic heterocycles. The third kappa shape index (κ3) is 5.10. The van der Waals surface area contributed by atoms with Crippen molar-refractivity contribution >= 4 is 37.8 Å². The molecule has 21 heavy (non-hydrogen) atoms. The average molecular weight is 379 g/mol. The van der Waals surface area contributed by atoms with Crippen molar-refractivity contribution in [3.8, 4) is 0 Å². The summed E-state index contributed by atoms with van der Waals surface area (Å²) in [5.41, 5.74) is -0.151. The summed E-state index contributed by atoms with van der Waals surface area (Å²) in [6.45, 7) is 2.17. The quantitative estimate of drug-likeness (QED) is 0.653. The summed E-state index contributed by atoms with van der Waals surface area (Å²) in [6, 6.07) is 3.69. The molecular formula is C12H15BrN2O5S. The predicted molar refractivity (Wildman–Crippen MR) is 79.6 cm³/mol. The van der Waals surface area contributed by atoms with Gasteiger partial charge in [0.15, 0.2) is 0 Å². The molecule has 1 aromatic carbocycles. The Labute approximate surface area is 130 Å². The Bertz CT molecular complexity index is 645. The third-order valence-corrected chi connectivity index (χ3v) is 4.65. The first-order chi connectivity index (χ1) is 9.77. The zero-order valence-corrected chi connectivity index (χ0v) is 13.6. The van der Waals surface area contributed by atoms with Gasteiger partial charge < -0.3 is 10.4 Å². The lowest BCUT2D eigenvalue weighted by Gasteiger charge is -2.08. The predicted octanol–water partition coefficient (Wildman–Crippen LogP) is 0.952. The molecular weight excluding hydrogens is 364 g/mol. The summed E-state index contributed by atoms with van der Waals surface area (Å²) in [7, 11) is -3.86. The Hall–Kier alpha value is -1.45. The Morgan fingerprint density at radius 2 is 2.00 bits per heavy atom. The number of nitrogens with one attached hydrogen (secondary N) is 2. The highest BCUT2D eigenvalue weighted by Gasteiger charge is 2.18. The maximum Gasteiger partial charge on any atom is 0.336 e. The standard InChI is InChI=1S/C12H15BrN2O5S/c1-2-14-11(16)5-6-15-21(19,20)8-3-4-10(13)9(7-8)12(17)18/h3-4,7,15H,2,5-6H2,1H3,(H,14,16)(H,17,18). The minimum Gasteiger partial charge on any atom is -0.478 e. The Morgan fingerprint density at radius 3 is 2.57 bits per heavy atom. The first-order valence-electron chi connectivity index (χ1n) is 6.07. The molecule has 1 rings (SSSR count). The zero-order chi connectivity index (χ0) is 16.0. The van der Waals surface area contributed by atoms with Gasteiger partial charge >= 0.3 is 5.97 Å². The van der Waals surface area contributed by atoms with Crippen molar-refractivity contribution in [1.29, 1.82) is 0 Å². The fraction of sp³-hybridized carbons (Fsp3) is 0.333. The minimum atomic E-state index is -3.86. The summed E-state index contributed by atoms with van der Waals surface area (Å²) < 4.78 is 26.6. The second kappa shape index (κ2) is 7.53. The molecule has 0 radical (unpaired) electrons. The second-order valence-corrected chi connectivity index (χ2v) is 6.67. The summed E-state index contributed by atoms with van der Waals surface area (Å²) >= 11 is 3.04. The molecule has 116 valence electrons. The van der Waals surface area contributed by atoms with Gasteiger partial charge in [-0.1, -0.05) is 0 Å². The van der Waals surface area contributed by atoms with E-state index < -0.39 is 16.0 Å². The van der Waals surface area contributed by atoms with Crippen molar-refractivity contribution in [1.82, 2.24) is 10.0 Å². The number of carboxylic acid groups (broad SMARTS) is 1. The fourth-order valence-electron chi connectivity index (χ4n) is 1.50. The highest BCUT2D eigenvalue weighted by Crippen LogP contribution is 2.21. The van der Waals surface area contributed by atoms with Gasteiger partial charge in [-0.2, -0.15) is 0 Å². The Kier molecular flexibility index (Phi) is 6.31. The van der Waals surface area contributed by atoms with E-state index in [0.29, 0.717) is 6.54 Å². The van der Waals surface area contributed by atoms with Crippen LogP contribution in [-0.2, 0) is 14.8 Å². The molecule has 9 heteroatoms. The van der Waals surface area contributed by atoms with Gasteiger partial charge in [0.2, 0.25) is 15.9 Å². The van der Waals surface area contributed by atoms with Crippen molar-refractivity contribution in [2.75, 3.05) is 13.1 Å². The molecule has 0 aromatic heterocycles. The molecule has 0 fully saturated rings. The fourth-order valence-corrected chi connectivity index (χ4v) is 2.98. The number of carbonyl (C=O) groups excluding carboxylic acids is 1. The van der Waals surface area contributed by atoms with Gasteiger partial charge in [0.25, 0.3) is 0 Å². The van der Waals surface area contributed by atoms with E-state index in [1.54, 1.807) is 6.92 Å². The maximum absolute atomic E-state index is 12.0. The van der Waals surface area contributed by atoms with Crippen LogP contribution in [0.4, 0.5) is 0 Å². The van der Waals surface area contributed by atoms with Gasteiger partial charge in [0.05, 0.1) is 10.5 Å². The number of sulfonamides is 1. The van der Waals surface area contributed by atoms with Gasteiger partial charge in [-0.25, -0.2) is 17.9 Å². The number of carbonyl (C=O) groups is 2. The van der Waals surface area contributed by atoms with Crippen LogP contribution < -0.4 is 10.0 Å². The normalized spacial score (nSPS) is 11.1. The molecule has 3 N–H and O–H groups in total. The van der Waals surface area contributed by atoms with Crippen LogP contribution in [0.1, 0.15) is 23.7 Å². The number of rotatable bonds is 7. The lowest BCUT2D eigenvalue weighted by molar-refractivity contribution is -0.120. The number of aromatic carboxylic acids is 1. The van der Waals surface area contributed by atoms with Crippen LogP contribution in [-0.4, -0.2) is 38.5 Å². The van der Waals surface area contributed by atoms with E-state index in [9.17, 15) is 18.0 Å². The van der Waals surface area contributed by atoms with Crippen LogP contribution in [0.3, 0.4) is 0 Å². The van der Waals surface area contributed by atoms with E-state index in [0.717, 1.165) is 6.07 Å². The maximum atomic E-state index is 12.0. The largest absolute Gasteiger partial charge is 0.478 e. The molecule has 0 bridgehead atoms. The van der Waals surface area contributed by atoms with E-state index in [2.05, 4.69) is 26.0 Å². The van der Waals surface area contributed by atoms with Crippen LogP contribution in [0.5, 0.6) is 0 Å². The molecule has 0 spiro atoms. The smallest absolute Gasteiger partial charge is 0.336 e. The molecule has 1 amide bonds. The van der Waals surface area contributed by atoms with E-state index in [-0.39, 0.29) is 33.8 Å². The zero-order valence-electron chi connectivity index (χ0n) is 11.2. The van der Waals surface area contributed by atoms with Crippen molar-refractivity contribution in [2.45, 2.75) is 18.2 Å². The summed E-state index contributed by atoms with van der Waals surface area (Å²) in [4.78, 5) is 22.0. The molecule has 0 atom stereocenters. The number of benzene rings is 1. The van der Waals surface area contributed by atoms with Crippen LogP contribution >= 0.6 is 15.9 Å². The molecule has 0 aliphatic carbocycles. The van der Waals surface area contributed by atoms with Crippen molar-refractivity contribution in [3.63, 3.8) is 0 Å². The lowest BCUT2D eigenvalue weighted by atomic mass is 10.2. The van der Waals surface area contributed by atoms with Crippen molar-refractivity contribution < 1.29 is 23.1 Å². The number of carboxylic acids is 1. The first kappa shape index (κ1) is 17.6. The molecule has 0 aliphatic rings. The van der Waals surface area contributed by atoms with Crippen molar-refractivity contribution in [3.05, 3.63) is 28.2 Å². The van der Waals surface area contributed by atoms with Gasteiger partial charge in [0.1, 0.15) is 0 Å². The topological polar surface area (TPSA) is 113 Å². The number of hydrogen-bond donors (Lipinski definition) is 3. The third-order valence-electron chi connectivity index (χ3n) is 2.50. The number of amides is 1. The van der Waals surface area contributed by atoms with Gasteiger partial charge in [-0.15, -0.1) is 0 Å². The molecule has 7 nitrogen and oxygen atoms in total. The molecule has 1 aromatic rings. The van der Waals surface area contributed by atoms with Crippen LogP contribution in [0.15, 0.2) is 27.6 Å². The van der Waals surface area contributed by atoms with Crippen LogP contribution in [0, 0.1) is 0 Å². The highest BCUT2D eigenvalue weighted by molar-refractivity contribution is 9.10. The van der Waals surface area contributed by atoms with E-state index in [1.165, 1.54) is 12.1 Å². The van der Waals surface area contributed by atoms with Crippen LogP contribution in [0.25, 0.3) is 0 Å². The van der Waals surface area contributed by atoms with Crippen molar-refractivity contribution in [2.24, 2.45) is 0 Å². The molecule has 0 saturated carbocycles. The Morgan fingerprint density at radius 1 is 1.33 bits per heavy atom. The summed E-state index contributed by atoms with van der Waals surface area (Å²) in [6.07, 6.45) is 0.00931. The van der Waals surface area contributed by atoms with Crippen LogP contribution in [0.2, 0.25) is 0 Å². The summed E-state index contributed by atoms with van der Waals surface area (Å²) in [5.74, 6) is -1.50. The molecule has 0 saturated heterocycles. The average Bonchev–Trinajstić information content (AvgIpc) is 2.38. The van der Waals surface area contributed by atoms with Gasteiger partial charge in [-0.3, -0.25) is 4.79 Å². The van der Waals surface area contributed by atoms with Gasteiger partial charge in [0, 0.05) is 24.0 Å². The minimum absolute atomic E-state index is 0.00931. The number of hydrogen-bond acceptors (Lipinski definition) is 4. The van der Waals surface area contributed by atoms with E-state index >= 15 is 0 Å². The van der Waals surface area contributed by atoms with Gasteiger partial charge in [-0.05, 0) is 41.1 Å². The first-order valence-corrected chi connectivity index (χ1v) is 8.34. The monoisotopic (exact) mass is 378 g/mol. The summed E-state index contributed by atoms with van der Waals surface area (Å²) in [5, 5.41) is 11.5. The van der Waals surface area contributed by atoms with E-state index in [1.807, 2.05) is 0 Å². The number of halogens is 1. The SMILES string of the molecule is CCNC(=O)CCNS(=O)(=O)c1ccc(Br)c(C(=O)O)c1. The highest BCUT2D eigenvalue weighted by atomic mass is 79.9. The molecule has 0 unspecified atom stereocenters. The van der Waals surface area contributed by atoms with E-state index in [4.69, 9.17) is 5.11 Å². The molecule has 0 heterocycles. The second-order valence-electron chi connectivity index (χ2n) is 4.05. The Balaban J connectivity index is 2.81.